The minimum absolute atomic E-state index is 0.0398. The second kappa shape index (κ2) is 8.60. The monoisotopic (exact) mass is 309 g/mol. The first kappa shape index (κ1) is 17.4. The molecule has 22 heavy (non-hydrogen) atoms. The fourth-order valence-electron chi connectivity index (χ4n) is 1.82. The Morgan fingerprint density at radius 2 is 2.05 bits per heavy atom. The number of hydrogen-bond donors (Lipinski definition) is 2. The summed E-state index contributed by atoms with van der Waals surface area (Å²) in [6, 6.07) is 5.89. The average molecular weight is 309 g/mol. The third kappa shape index (κ3) is 5.78. The summed E-state index contributed by atoms with van der Waals surface area (Å²) in [5, 5.41) is 16.3. The first-order valence-corrected chi connectivity index (χ1v) is 6.77. The van der Waals surface area contributed by atoms with Gasteiger partial charge in [-0.05, 0) is 13.0 Å². The van der Waals surface area contributed by atoms with Crippen molar-refractivity contribution in [2.45, 2.75) is 25.8 Å². The second-order valence-corrected chi connectivity index (χ2v) is 4.70. The first-order chi connectivity index (χ1) is 10.4. The number of ether oxygens (including phenoxy) is 1. The topological polar surface area (TPSA) is 111 Å². The molecule has 1 aromatic carbocycles. The standard InChI is InChI=1S/C14H19N3O5/c1-10(9-14(19)22-2)16-13(18)7-8-15-11-5-3-4-6-12(11)17(20)21/h3-6,10,15H,7-9H2,1-2H3,(H,16,18). The lowest BCUT2D eigenvalue weighted by molar-refractivity contribution is -0.384. The minimum Gasteiger partial charge on any atom is -0.469 e. The van der Waals surface area contributed by atoms with Crippen LogP contribution in [0.15, 0.2) is 24.3 Å². The van der Waals surface area contributed by atoms with E-state index in [4.69, 9.17) is 0 Å². The highest BCUT2D eigenvalue weighted by molar-refractivity contribution is 5.78. The van der Waals surface area contributed by atoms with Gasteiger partial charge in [-0.2, -0.15) is 0 Å². The van der Waals surface area contributed by atoms with Crippen LogP contribution in [0.3, 0.4) is 0 Å². The largest absolute Gasteiger partial charge is 0.469 e. The second-order valence-electron chi connectivity index (χ2n) is 4.70. The molecule has 0 aliphatic heterocycles. The molecule has 8 heteroatoms. The van der Waals surface area contributed by atoms with E-state index in [2.05, 4.69) is 15.4 Å². The van der Waals surface area contributed by atoms with E-state index in [1.807, 2.05) is 0 Å². The molecule has 0 radical (unpaired) electrons. The van der Waals surface area contributed by atoms with E-state index < -0.39 is 10.9 Å². The molecule has 0 fully saturated rings. The van der Waals surface area contributed by atoms with E-state index in [-0.39, 0.29) is 37.0 Å². The van der Waals surface area contributed by atoms with Crippen LogP contribution in [0.25, 0.3) is 0 Å². The molecule has 0 heterocycles. The predicted octanol–water partition coefficient (Wildman–Crippen LogP) is 1.46. The summed E-state index contributed by atoms with van der Waals surface area (Å²) in [7, 11) is 1.29. The molecular weight excluding hydrogens is 290 g/mol. The maximum atomic E-state index is 11.7. The van der Waals surface area contributed by atoms with Crippen molar-refractivity contribution in [1.29, 1.82) is 0 Å². The molecule has 0 aliphatic rings. The van der Waals surface area contributed by atoms with Crippen molar-refractivity contribution in [3.63, 3.8) is 0 Å². The van der Waals surface area contributed by atoms with Crippen LogP contribution in [-0.4, -0.2) is 36.5 Å². The molecule has 0 bridgehead atoms. The predicted molar refractivity (Wildman–Crippen MR) is 80.4 cm³/mol. The van der Waals surface area contributed by atoms with Crippen LogP contribution in [-0.2, 0) is 14.3 Å². The molecule has 0 saturated heterocycles. The molecule has 120 valence electrons. The van der Waals surface area contributed by atoms with Gasteiger partial charge < -0.3 is 15.4 Å². The van der Waals surface area contributed by atoms with Crippen molar-refractivity contribution in [2.75, 3.05) is 19.0 Å². The van der Waals surface area contributed by atoms with Crippen LogP contribution in [0.2, 0.25) is 0 Å². The van der Waals surface area contributed by atoms with Gasteiger partial charge in [0.25, 0.3) is 5.69 Å². The zero-order chi connectivity index (χ0) is 16.5. The number of nitrogens with one attached hydrogen (secondary N) is 2. The fraction of sp³-hybridized carbons (Fsp3) is 0.429. The minimum atomic E-state index is -0.485. The summed E-state index contributed by atoms with van der Waals surface area (Å²) in [4.78, 5) is 33.1. The highest BCUT2D eigenvalue weighted by atomic mass is 16.6. The molecular formula is C14H19N3O5. The number of anilines is 1. The highest BCUT2D eigenvalue weighted by Crippen LogP contribution is 2.22. The molecule has 1 atom stereocenters. The van der Waals surface area contributed by atoms with Crippen LogP contribution in [0, 0.1) is 10.1 Å². The fourth-order valence-corrected chi connectivity index (χ4v) is 1.82. The van der Waals surface area contributed by atoms with Gasteiger partial charge in [-0.25, -0.2) is 0 Å². The van der Waals surface area contributed by atoms with Crippen molar-refractivity contribution < 1.29 is 19.2 Å². The number of methoxy groups -OCH3 is 1. The summed E-state index contributed by atoms with van der Waals surface area (Å²) >= 11 is 0. The van der Waals surface area contributed by atoms with E-state index in [9.17, 15) is 19.7 Å². The van der Waals surface area contributed by atoms with Gasteiger partial charge in [-0.1, -0.05) is 12.1 Å². The lowest BCUT2D eigenvalue weighted by Gasteiger charge is -2.13. The summed E-state index contributed by atoms with van der Waals surface area (Å²) in [6.45, 7) is 1.95. The number of amides is 1. The zero-order valence-electron chi connectivity index (χ0n) is 12.5. The van der Waals surface area contributed by atoms with Crippen LogP contribution in [0.1, 0.15) is 19.8 Å². The third-order valence-corrected chi connectivity index (χ3v) is 2.88. The van der Waals surface area contributed by atoms with Crippen molar-refractivity contribution in [2.24, 2.45) is 0 Å². The van der Waals surface area contributed by atoms with E-state index in [1.165, 1.54) is 13.2 Å². The van der Waals surface area contributed by atoms with Gasteiger partial charge in [0.2, 0.25) is 5.91 Å². The van der Waals surface area contributed by atoms with Gasteiger partial charge in [-0.15, -0.1) is 0 Å². The van der Waals surface area contributed by atoms with Crippen LogP contribution in [0.4, 0.5) is 11.4 Å². The van der Waals surface area contributed by atoms with Gasteiger partial charge in [0, 0.05) is 25.1 Å². The van der Waals surface area contributed by atoms with E-state index >= 15 is 0 Å². The first-order valence-electron chi connectivity index (χ1n) is 6.77. The lowest BCUT2D eigenvalue weighted by atomic mass is 10.2. The molecule has 0 aromatic heterocycles. The third-order valence-electron chi connectivity index (χ3n) is 2.88. The molecule has 8 nitrogen and oxygen atoms in total. The Labute approximate surface area is 128 Å². The van der Waals surface area contributed by atoms with Crippen molar-refractivity contribution in [3.05, 3.63) is 34.4 Å². The average Bonchev–Trinajstić information content (AvgIpc) is 2.47. The van der Waals surface area contributed by atoms with Gasteiger partial charge in [-0.3, -0.25) is 19.7 Å². The zero-order valence-corrected chi connectivity index (χ0v) is 12.5. The Hall–Kier alpha value is -2.64. The normalized spacial score (nSPS) is 11.4. The number of carbonyl (C=O) groups is 2. The van der Waals surface area contributed by atoms with Gasteiger partial charge in [0.15, 0.2) is 0 Å². The quantitative estimate of drug-likeness (QED) is 0.427. The maximum absolute atomic E-state index is 11.7. The number of nitro groups is 1. The lowest BCUT2D eigenvalue weighted by Crippen LogP contribution is -2.35. The Bertz CT molecular complexity index is 547. The molecule has 1 aromatic rings. The van der Waals surface area contributed by atoms with Crippen LogP contribution in [0.5, 0.6) is 0 Å². The summed E-state index contributed by atoms with van der Waals surface area (Å²) in [5.41, 5.74) is 0.324. The number of nitrogens with zero attached hydrogens (tertiary/aromatic N) is 1. The van der Waals surface area contributed by atoms with Gasteiger partial charge >= 0.3 is 5.97 Å². The summed E-state index contributed by atoms with van der Waals surface area (Å²) in [6.07, 6.45) is 0.234. The molecule has 1 rings (SSSR count). The van der Waals surface area contributed by atoms with Crippen molar-refractivity contribution in [1.82, 2.24) is 5.32 Å². The van der Waals surface area contributed by atoms with E-state index in [1.54, 1.807) is 25.1 Å². The molecule has 0 spiro atoms. The van der Waals surface area contributed by atoms with Gasteiger partial charge in [0.1, 0.15) is 5.69 Å². The SMILES string of the molecule is COC(=O)CC(C)NC(=O)CCNc1ccccc1[N+](=O)[O-]. The Morgan fingerprint density at radius 3 is 2.68 bits per heavy atom. The summed E-state index contributed by atoms with van der Waals surface area (Å²) < 4.78 is 4.51. The molecule has 0 saturated carbocycles. The van der Waals surface area contributed by atoms with E-state index in [0.29, 0.717) is 5.69 Å². The molecule has 2 N–H and O–H groups in total. The van der Waals surface area contributed by atoms with Gasteiger partial charge in [0.05, 0.1) is 18.5 Å². The number of para-hydroxylation sites is 2. The number of esters is 1. The molecule has 1 amide bonds. The number of hydrogen-bond acceptors (Lipinski definition) is 6. The number of nitro benzene ring substituents is 1. The Morgan fingerprint density at radius 1 is 1.36 bits per heavy atom. The van der Waals surface area contributed by atoms with E-state index in [0.717, 1.165) is 0 Å². The van der Waals surface area contributed by atoms with Crippen molar-refractivity contribution in [3.8, 4) is 0 Å². The molecule has 0 aliphatic carbocycles. The maximum Gasteiger partial charge on any atom is 0.307 e. The smallest absolute Gasteiger partial charge is 0.307 e. The Kier molecular flexibility index (Phi) is 6.81. The number of rotatable bonds is 8. The number of carbonyl (C=O) groups excluding carboxylic acids is 2. The van der Waals surface area contributed by atoms with Crippen LogP contribution >= 0.6 is 0 Å². The van der Waals surface area contributed by atoms with Crippen LogP contribution < -0.4 is 10.6 Å². The number of benzene rings is 1. The molecule has 1 unspecified atom stereocenters. The van der Waals surface area contributed by atoms with Crippen molar-refractivity contribution >= 4 is 23.3 Å². The highest BCUT2D eigenvalue weighted by Gasteiger charge is 2.14. The Balaban J connectivity index is 2.40. The summed E-state index contributed by atoms with van der Waals surface area (Å²) in [5.74, 6) is -0.645.